The van der Waals surface area contributed by atoms with Crippen molar-refractivity contribution in [1.82, 2.24) is 0 Å². The highest BCUT2D eigenvalue weighted by molar-refractivity contribution is 7.92. The summed E-state index contributed by atoms with van der Waals surface area (Å²) in [5.74, 6) is 0.0206. The minimum atomic E-state index is -3.73. The second kappa shape index (κ2) is 12.5. The number of nitrogen functional groups attached to an aromatic ring is 1. The molecule has 2 aromatic rings. The topological polar surface area (TPSA) is 83.6 Å². The summed E-state index contributed by atoms with van der Waals surface area (Å²) >= 11 is 0. The molecule has 6 heteroatoms. The van der Waals surface area contributed by atoms with Crippen LogP contribution in [0.3, 0.4) is 0 Å². The van der Waals surface area contributed by atoms with E-state index in [0.717, 1.165) is 19.3 Å². The monoisotopic (exact) mass is 432 g/mol. The molecule has 0 spiro atoms. The number of nitrogens with zero attached hydrogens (tertiary/aromatic N) is 1. The summed E-state index contributed by atoms with van der Waals surface area (Å²) in [7, 11) is -3.73. The van der Waals surface area contributed by atoms with Gasteiger partial charge in [-0.2, -0.15) is 0 Å². The van der Waals surface area contributed by atoms with Crippen LogP contribution in [0.1, 0.15) is 71.1 Å². The number of unbranched alkanes of at least 4 members (excludes halogenated alkanes) is 9. The molecule has 0 radical (unpaired) electrons. The number of hydrogen-bond donors (Lipinski definition) is 2. The molecule has 0 aromatic heterocycles. The van der Waals surface area contributed by atoms with Crippen LogP contribution in [0.2, 0.25) is 0 Å². The smallest absolute Gasteiger partial charge is 0.264 e. The summed E-state index contributed by atoms with van der Waals surface area (Å²) in [6.07, 6.45) is 11.8. The van der Waals surface area contributed by atoms with Crippen LogP contribution in [0.5, 0.6) is 5.75 Å². The molecule has 3 N–H and O–H groups in total. The number of phenolic OH excluding ortho intramolecular Hbond substituents is 1. The van der Waals surface area contributed by atoms with Gasteiger partial charge in [-0.15, -0.1) is 0 Å². The van der Waals surface area contributed by atoms with Crippen molar-refractivity contribution >= 4 is 21.4 Å². The molecule has 30 heavy (non-hydrogen) atoms. The van der Waals surface area contributed by atoms with Crippen molar-refractivity contribution in [2.24, 2.45) is 0 Å². The zero-order valence-electron chi connectivity index (χ0n) is 18.1. The van der Waals surface area contributed by atoms with Crippen molar-refractivity contribution in [3.63, 3.8) is 0 Å². The molecule has 0 unspecified atom stereocenters. The predicted molar refractivity (Wildman–Crippen MR) is 125 cm³/mol. The van der Waals surface area contributed by atoms with Gasteiger partial charge in [-0.25, -0.2) is 8.42 Å². The largest absolute Gasteiger partial charge is 0.508 e. The van der Waals surface area contributed by atoms with E-state index in [1.54, 1.807) is 36.4 Å². The molecule has 0 amide bonds. The van der Waals surface area contributed by atoms with Crippen molar-refractivity contribution in [1.29, 1.82) is 0 Å². The lowest BCUT2D eigenvalue weighted by atomic mass is 10.1. The fraction of sp³-hybridized carbons (Fsp3) is 0.500. The number of aromatic hydroxyl groups is 1. The van der Waals surface area contributed by atoms with Gasteiger partial charge in [-0.05, 0) is 30.7 Å². The summed E-state index contributed by atoms with van der Waals surface area (Å²) in [6.45, 7) is 2.59. The van der Waals surface area contributed by atoms with Crippen molar-refractivity contribution in [2.75, 3.05) is 16.6 Å². The van der Waals surface area contributed by atoms with Crippen LogP contribution in [0, 0.1) is 0 Å². The van der Waals surface area contributed by atoms with Crippen LogP contribution >= 0.6 is 0 Å². The normalized spacial score (nSPS) is 11.5. The fourth-order valence-corrected chi connectivity index (χ4v) is 5.15. The molecule has 166 valence electrons. The molecule has 0 atom stereocenters. The zero-order chi connectivity index (χ0) is 21.8. The van der Waals surface area contributed by atoms with E-state index >= 15 is 0 Å². The third kappa shape index (κ3) is 7.24. The van der Waals surface area contributed by atoms with E-state index < -0.39 is 10.0 Å². The second-order valence-corrected chi connectivity index (χ2v) is 9.68. The number of sulfonamides is 1. The lowest BCUT2D eigenvalue weighted by Gasteiger charge is -2.26. The lowest BCUT2D eigenvalue weighted by molar-refractivity contribution is 0.475. The van der Waals surface area contributed by atoms with Crippen LogP contribution in [0.4, 0.5) is 11.4 Å². The minimum absolute atomic E-state index is 0.0206. The lowest BCUT2D eigenvalue weighted by Crippen LogP contribution is -2.32. The Morgan fingerprint density at radius 1 is 0.833 bits per heavy atom. The van der Waals surface area contributed by atoms with Gasteiger partial charge in [0.05, 0.1) is 16.3 Å². The fourth-order valence-electron chi connectivity index (χ4n) is 3.60. The average Bonchev–Trinajstić information content (AvgIpc) is 2.73. The van der Waals surface area contributed by atoms with Gasteiger partial charge < -0.3 is 10.8 Å². The molecule has 0 saturated carbocycles. The zero-order valence-corrected chi connectivity index (χ0v) is 18.9. The Morgan fingerprint density at radius 3 is 1.97 bits per heavy atom. The maximum Gasteiger partial charge on any atom is 0.264 e. The third-order valence-corrected chi connectivity index (χ3v) is 7.15. The molecule has 0 aliphatic heterocycles. The highest BCUT2D eigenvalue weighted by Crippen LogP contribution is 2.32. The van der Waals surface area contributed by atoms with Gasteiger partial charge in [0, 0.05) is 12.6 Å². The average molecular weight is 433 g/mol. The Morgan fingerprint density at radius 2 is 1.40 bits per heavy atom. The Balaban J connectivity index is 1.97. The van der Waals surface area contributed by atoms with E-state index in [2.05, 4.69) is 6.92 Å². The van der Waals surface area contributed by atoms with E-state index in [1.807, 2.05) is 0 Å². The second-order valence-electron chi connectivity index (χ2n) is 7.82. The number of anilines is 2. The quantitative estimate of drug-likeness (QED) is 0.279. The van der Waals surface area contributed by atoms with Gasteiger partial charge in [-0.3, -0.25) is 4.31 Å². The highest BCUT2D eigenvalue weighted by atomic mass is 32.2. The van der Waals surface area contributed by atoms with E-state index in [4.69, 9.17) is 5.73 Å². The first kappa shape index (κ1) is 24.1. The van der Waals surface area contributed by atoms with E-state index in [1.165, 1.54) is 61.4 Å². The predicted octanol–water partition coefficient (Wildman–Crippen LogP) is 6.09. The summed E-state index contributed by atoms with van der Waals surface area (Å²) < 4.78 is 27.9. The molecule has 0 aliphatic carbocycles. The number of benzene rings is 2. The molecule has 0 heterocycles. The molecule has 0 fully saturated rings. The summed E-state index contributed by atoms with van der Waals surface area (Å²) in [5, 5.41) is 9.66. The minimum Gasteiger partial charge on any atom is -0.508 e. The van der Waals surface area contributed by atoms with Crippen LogP contribution in [0.15, 0.2) is 53.4 Å². The number of phenols is 1. The Bertz CT molecular complexity index is 854. The molecule has 5 nitrogen and oxygen atoms in total. The van der Waals surface area contributed by atoms with Gasteiger partial charge in [0.2, 0.25) is 0 Å². The molecule has 0 bridgehead atoms. The Labute approximate surface area is 182 Å². The third-order valence-electron chi connectivity index (χ3n) is 5.33. The van der Waals surface area contributed by atoms with Gasteiger partial charge in [-0.1, -0.05) is 82.9 Å². The standard InChI is InChI=1S/C24H36N2O3S/c1-2-3-4-5-6-7-8-9-10-14-19-26(24-18-17-21(27)20-23(24)25)30(28,29)22-15-12-11-13-16-22/h11-13,15-18,20,27H,2-10,14,19,25H2,1H3. The SMILES string of the molecule is CCCCCCCCCCCCN(c1ccc(O)cc1N)S(=O)(=O)c1ccccc1. The Hall–Kier alpha value is -2.21. The number of nitrogens with two attached hydrogens (primary N) is 1. The molecular weight excluding hydrogens is 396 g/mol. The number of rotatable bonds is 14. The van der Waals surface area contributed by atoms with Crippen LogP contribution in [0.25, 0.3) is 0 Å². The first-order chi connectivity index (χ1) is 14.5. The van der Waals surface area contributed by atoms with Crippen molar-refractivity contribution < 1.29 is 13.5 Å². The van der Waals surface area contributed by atoms with Crippen LogP contribution < -0.4 is 10.0 Å². The highest BCUT2D eigenvalue weighted by Gasteiger charge is 2.26. The van der Waals surface area contributed by atoms with E-state index in [0.29, 0.717) is 12.2 Å². The molecular formula is C24H36N2O3S. The first-order valence-electron chi connectivity index (χ1n) is 11.1. The van der Waals surface area contributed by atoms with E-state index in [-0.39, 0.29) is 16.3 Å². The van der Waals surface area contributed by atoms with Crippen LogP contribution in [-0.4, -0.2) is 20.1 Å². The van der Waals surface area contributed by atoms with Gasteiger partial charge in [0.1, 0.15) is 5.75 Å². The number of hydrogen-bond acceptors (Lipinski definition) is 4. The van der Waals surface area contributed by atoms with Crippen LogP contribution in [-0.2, 0) is 10.0 Å². The summed E-state index contributed by atoms with van der Waals surface area (Å²) in [5.41, 5.74) is 6.71. The van der Waals surface area contributed by atoms with Crippen molar-refractivity contribution in [2.45, 2.75) is 76.0 Å². The van der Waals surface area contributed by atoms with Gasteiger partial charge in [0.15, 0.2) is 0 Å². The molecule has 2 aromatic carbocycles. The van der Waals surface area contributed by atoms with E-state index in [9.17, 15) is 13.5 Å². The molecule has 0 aliphatic rings. The maximum atomic E-state index is 13.3. The summed E-state index contributed by atoms with van der Waals surface area (Å²) in [4.78, 5) is 0.240. The van der Waals surface area contributed by atoms with Gasteiger partial charge >= 0.3 is 0 Å². The maximum absolute atomic E-state index is 13.3. The van der Waals surface area contributed by atoms with Gasteiger partial charge in [0.25, 0.3) is 10.0 Å². The molecule has 0 saturated heterocycles. The van der Waals surface area contributed by atoms with Crippen molar-refractivity contribution in [3.05, 3.63) is 48.5 Å². The Kier molecular flexibility index (Phi) is 10.0. The summed E-state index contributed by atoms with van der Waals surface area (Å²) in [6, 6.07) is 12.8. The molecule has 2 rings (SSSR count). The van der Waals surface area contributed by atoms with Crippen molar-refractivity contribution in [3.8, 4) is 5.75 Å². The first-order valence-corrected chi connectivity index (χ1v) is 12.6.